The molecule has 0 aliphatic rings. The summed E-state index contributed by atoms with van der Waals surface area (Å²) in [6.07, 6.45) is 0.633. The topological polar surface area (TPSA) is 43.4 Å². The second-order valence-corrected chi connectivity index (χ2v) is 4.29. The summed E-state index contributed by atoms with van der Waals surface area (Å²) >= 11 is 6.43. The van der Waals surface area contributed by atoms with Crippen molar-refractivity contribution in [1.29, 1.82) is 0 Å². The van der Waals surface area contributed by atoms with Crippen LogP contribution in [0.1, 0.15) is 17.3 Å². The van der Waals surface area contributed by atoms with Crippen molar-refractivity contribution in [1.82, 2.24) is 0 Å². The summed E-state index contributed by atoms with van der Waals surface area (Å²) in [5.41, 5.74) is 0.321. The fourth-order valence-electron chi connectivity index (χ4n) is 0.919. The summed E-state index contributed by atoms with van der Waals surface area (Å²) in [7, 11) is 0. The number of benzene rings is 1. The van der Waals surface area contributed by atoms with E-state index in [1.807, 2.05) is 0 Å². The van der Waals surface area contributed by atoms with Crippen molar-refractivity contribution in [3.8, 4) is 5.75 Å². The lowest BCUT2D eigenvalue weighted by Crippen LogP contribution is -2.04. The molecule has 1 rings (SSSR count). The minimum absolute atomic E-state index is 0.246. The molecule has 0 saturated carbocycles. The number of halogens is 2. The second-order valence-electron chi connectivity index (χ2n) is 2.52. The van der Waals surface area contributed by atoms with E-state index in [-0.39, 0.29) is 5.75 Å². The van der Waals surface area contributed by atoms with Crippen molar-refractivity contribution in [2.45, 2.75) is 6.92 Å². The van der Waals surface area contributed by atoms with E-state index in [0.717, 1.165) is 4.47 Å². The first kappa shape index (κ1) is 11.4. The average molecular weight is 322 g/mol. The van der Waals surface area contributed by atoms with Crippen LogP contribution in [0.3, 0.4) is 0 Å². The fraction of sp³-hybridized carbons (Fsp3) is 0.111. The maximum atomic E-state index is 10.7. The van der Waals surface area contributed by atoms with Gasteiger partial charge in [0.05, 0.1) is 10.0 Å². The zero-order chi connectivity index (χ0) is 10.7. The Balaban J connectivity index is 3.24. The van der Waals surface area contributed by atoms with Gasteiger partial charge in [0.25, 0.3) is 0 Å². The number of esters is 1. The monoisotopic (exact) mass is 320 g/mol. The van der Waals surface area contributed by atoms with Gasteiger partial charge in [0.2, 0.25) is 0 Å². The normalized spacial score (nSPS) is 9.64. The fourth-order valence-corrected chi connectivity index (χ4v) is 2.26. The van der Waals surface area contributed by atoms with Crippen molar-refractivity contribution in [2.24, 2.45) is 0 Å². The summed E-state index contributed by atoms with van der Waals surface area (Å²) in [6, 6.07) is 3.28. The SMILES string of the molecule is CC(=O)Oc1c(Br)cc(Br)cc1C=O. The maximum absolute atomic E-state index is 10.7. The molecule has 0 aromatic heterocycles. The van der Waals surface area contributed by atoms with Gasteiger partial charge in [-0.3, -0.25) is 9.59 Å². The Kier molecular flexibility index (Phi) is 3.83. The van der Waals surface area contributed by atoms with Crippen LogP contribution in [0.2, 0.25) is 0 Å². The average Bonchev–Trinajstić information content (AvgIpc) is 2.08. The van der Waals surface area contributed by atoms with Gasteiger partial charge in [-0.05, 0) is 28.1 Å². The van der Waals surface area contributed by atoms with E-state index >= 15 is 0 Å². The van der Waals surface area contributed by atoms with Crippen LogP contribution in [0.15, 0.2) is 21.1 Å². The predicted octanol–water partition coefficient (Wildman–Crippen LogP) is 2.95. The Bertz CT molecular complexity index is 388. The first-order valence-electron chi connectivity index (χ1n) is 3.67. The minimum Gasteiger partial charge on any atom is -0.425 e. The largest absolute Gasteiger partial charge is 0.425 e. The smallest absolute Gasteiger partial charge is 0.308 e. The van der Waals surface area contributed by atoms with Crippen LogP contribution in [0.4, 0.5) is 0 Å². The van der Waals surface area contributed by atoms with E-state index in [1.54, 1.807) is 12.1 Å². The molecule has 0 atom stereocenters. The van der Waals surface area contributed by atoms with Gasteiger partial charge in [0.15, 0.2) is 12.0 Å². The number of carbonyl (C=O) groups is 2. The van der Waals surface area contributed by atoms with Crippen molar-refractivity contribution in [2.75, 3.05) is 0 Å². The van der Waals surface area contributed by atoms with Crippen LogP contribution in [-0.4, -0.2) is 12.3 Å². The molecule has 0 aliphatic heterocycles. The molecule has 1 aromatic carbocycles. The number of aldehydes is 1. The molecule has 0 spiro atoms. The van der Waals surface area contributed by atoms with Gasteiger partial charge in [-0.1, -0.05) is 15.9 Å². The zero-order valence-corrected chi connectivity index (χ0v) is 10.4. The van der Waals surface area contributed by atoms with Crippen LogP contribution in [0, 0.1) is 0 Å². The molecule has 0 amide bonds. The van der Waals surface area contributed by atoms with Crippen molar-refractivity contribution in [3.63, 3.8) is 0 Å². The lowest BCUT2D eigenvalue weighted by molar-refractivity contribution is -0.131. The van der Waals surface area contributed by atoms with Gasteiger partial charge in [-0.25, -0.2) is 0 Å². The molecular weight excluding hydrogens is 316 g/mol. The van der Waals surface area contributed by atoms with Crippen molar-refractivity contribution in [3.05, 3.63) is 26.6 Å². The first-order chi connectivity index (χ1) is 6.54. The second kappa shape index (κ2) is 4.70. The Morgan fingerprint density at radius 3 is 2.57 bits per heavy atom. The molecule has 74 valence electrons. The third-order valence-electron chi connectivity index (χ3n) is 1.41. The van der Waals surface area contributed by atoms with Gasteiger partial charge in [-0.15, -0.1) is 0 Å². The van der Waals surface area contributed by atoms with Gasteiger partial charge >= 0.3 is 5.97 Å². The Morgan fingerprint density at radius 2 is 2.07 bits per heavy atom. The van der Waals surface area contributed by atoms with E-state index in [1.165, 1.54) is 6.92 Å². The minimum atomic E-state index is -0.462. The molecule has 0 unspecified atom stereocenters. The van der Waals surface area contributed by atoms with Crippen LogP contribution >= 0.6 is 31.9 Å². The first-order valence-corrected chi connectivity index (χ1v) is 5.26. The van der Waals surface area contributed by atoms with Crippen LogP contribution in [0.5, 0.6) is 5.75 Å². The molecule has 14 heavy (non-hydrogen) atoms. The molecule has 0 radical (unpaired) electrons. The lowest BCUT2D eigenvalue weighted by atomic mass is 10.2. The quantitative estimate of drug-likeness (QED) is 0.478. The Hall–Kier alpha value is -0.680. The molecule has 0 aliphatic carbocycles. The van der Waals surface area contributed by atoms with Gasteiger partial charge in [-0.2, -0.15) is 0 Å². The zero-order valence-electron chi connectivity index (χ0n) is 7.21. The predicted molar refractivity (Wildman–Crippen MR) is 58.5 cm³/mol. The van der Waals surface area contributed by atoms with Crippen LogP contribution < -0.4 is 4.74 Å². The summed E-state index contributed by atoms with van der Waals surface area (Å²) in [6.45, 7) is 1.28. The highest BCUT2D eigenvalue weighted by molar-refractivity contribution is 9.11. The highest BCUT2D eigenvalue weighted by Gasteiger charge is 2.11. The highest BCUT2D eigenvalue weighted by atomic mass is 79.9. The third kappa shape index (κ3) is 2.65. The Morgan fingerprint density at radius 1 is 1.43 bits per heavy atom. The van der Waals surface area contributed by atoms with Gasteiger partial charge in [0, 0.05) is 11.4 Å². The number of ether oxygens (including phenoxy) is 1. The molecule has 5 heteroatoms. The molecular formula is C9H6Br2O3. The van der Waals surface area contributed by atoms with Crippen molar-refractivity contribution < 1.29 is 14.3 Å². The number of hydrogen-bond donors (Lipinski definition) is 0. The van der Waals surface area contributed by atoms with Crippen LogP contribution in [-0.2, 0) is 4.79 Å². The summed E-state index contributed by atoms with van der Waals surface area (Å²) < 4.78 is 6.18. The van der Waals surface area contributed by atoms with E-state index in [4.69, 9.17) is 4.74 Å². The number of carbonyl (C=O) groups excluding carboxylic acids is 2. The molecule has 0 saturated heterocycles. The standard InChI is InChI=1S/C9H6Br2O3/c1-5(13)14-9-6(4-12)2-7(10)3-8(9)11/h2-4H,1H3. The van der Waals surface area contributed by atoms with E-state index < -0.39 is 5.97 Å². The number of rotatable bonds is 2. The molecule has 0 heterocycles. The van der Waals surface area contributed by atoms with Gasteiger partial charge in [0.1, 0.15) is 0 Å². The summed E-state index contributed by atoms with van der Waals surface area (Å²) in [4.78, 5) is 21.4. The summed E-state index contributed by atoms with van der Waals surface area (Å²) in [5.74, 6) is -0.216. The third-order valence-corrected chi connectivity index (χ3v) is 2.46. The molecule has 3 nitrogen and oxygen atoms in total. The van der Waals surface area contributed by atoms with E-state index in [2.05, 4.69) is 31.9 Å². The van der Waals surface area contributed by atoms with E-state index in [9.17, 15) is 9.59 Å². The number of hydrogen-bond acceptors (Lipinski definition) is 3. The molecule has 0 bridgehead atoms. The van der Waals surface area contributed by atoms with E-state index in [0.29, 0.717) is 16.3 Å². The molecule has 1 aromatic rings. The highest BCUT2D eigenvalue weighted by Crippen LogP contribution is 2.31. The van der Waals surface area contributed by atoms with Gasteiger partial charge < -0.3 is 4.74 Å². The Labute approximate surface area is 97.7 Å². The lowest BCUT2D eigenvalue weighted by Gasteiger charge is -2.07. The molecule has 0 N–H and O–H groups in total. The van der Waals surface area contributed by atoms with Crippen molar-refractivity contribution >= 4 is 44.1 Å². The van der Waals surface area contributed by atoms with Crippen LogP contribution in [0.25, 0.3) is 0 Å². The maximum Gasteiger partial charge on any atom is 0.308 e. The summed E-state index contributed by atoms with van der Waals surface area (Å²) in [5, 5.41) is 0. The molecule has 0 fully saturated rings.